The maximum Gasteiger partial charge on any atom is 0.338 e. The number of carbonyl (C=O) groups excluding carboxylic acids is 1. The van der Waals surface area contributed by atoms with E-state index in [0.29, 0.717) is 10.4 Å². The average Bonchev–Trinajstić information content (AvgIpc) is 2.41. The third-order valence-electron chi connectivity index (χ3n) is 3.98. The molecule has 1 fully saturated rings. The van der Waals surface area contributed by atoms with Gasteiger partial charge in [-0.2, -0.15) is 0 Å². The highest BCUT2D eigenvalue weighted by molar-refractivity contribution is 9.09. The summed E-state index contributed by atoms with van der Waals surface area (Å²) >= 11 is 3.67. The lowest BCUT2D eigenvalue weighted by Crippen LogP contribution is -2.54. The molecule has 0 spiro atoms. The van der Waals surface area contributed by atoms with Gasteiger partial charge in [0, 0.05) is 29.1 Å². The summed E-state index contributed by atoms with van der Waals surface area (Å²) in [5, 5.41) is 0. The lowest BCUT2D eigenvalue weighted by atomic mass is 9.96. The second kappa shape index (κ2) is 6.14. The van der Waals surface area contributed by atoms with Crippen LogP contribution in [0.25, 0.3) is 0 Å². The zero-order valence-electron chi connectivity index (χ0n) is 12.1. The normalized spacial score (nSPS) is 26.4. The van der Waals surface area contributed by atoms with Gasteiger partial charge in [0.05, 0.1) is 12.7 Å². The number of anilines is 1. The summed E-state index contributed by atoms with van der Waals surface area (Å²) in [7, 11) is 1.40. The van der Waals surface area contributed by atoms with Crippen LogP contribution in [0.1, 0.15) is 29.3 Å². The van der Waals surface area contributed by atoms with Crippen molar-refractivity contribution in [3.8, 4) is 0 Å². The molecular formula is C15H21BrN2O2. The van der Waals surface area contributed by atoms with Crippen molar-refractivity contribution in [2.45, 2.75) is 37.2 Å². The molecule has 0 bridgehead atoms. The van der Waals surface area contributed by atoms with Gasteiger partial charge in [0.25, 0.3) is 0 Å². The molecule has 4 nitrogen and oxygen atoms in total. The number of benzene rings is 1. The number of alkyl halides is 1. The number of piperidine rings is 1. The van der Waals surface area contributed by atoms with E-state index in [4.69, 9.17) is 10.5 Å². The second-order valence-electron chi connectivity index (χ2n) is 5.38. The number of methoxy groups -OCH3 is 1. The number of ether oxygens (including phenoxy) is 1. The van der Waals surface area contributed by atoms with Crippen molar-refractivity contribution in [1.82, 2.24) is 0 Å². The fourth-order valence-corrected chi connectivity index (χ4v) is 3.43. The first kappa shape index (κ1) is 15.3. The van der Waals surface area contributed by atoms with Gasteiger partial charge in [-0.3, -0.25) is 0 Å². The molecule has 1 aliphatic rings. The summed E-state index contributed by atoms with van der Waals surface area (Å²) in [6.07, 6.45) is 0.983. The average molecular weight is 341 g/mol. The zero-order valence-corrected chi connectivity index (χ0v) is 13.7. The van der Waals surface area contributed by atoms with Gasteiger partial charge < -0.3 is 15.4 Å². The Morgan fingerprint density at radius 1 is 1.50 bits per heavy atom. The van der Waals surface area contributed by atoms with Crippen molar-refractivity contribution in [2.24, 2.45) is 5.73 Å². The van der Waals surface area contributed by atoms with Crippen LogP contribution >= 0.6 is 15.9 Å². The highest BCUT2D eigenvalue weighted by Crippen LogP contribution is 2.28. The van der Waals surface area contributed by atoms with Crippen LogP contribution in [0.4, 0.5) is 5.69 Å². The van der Waals surface area contributed by atoms with Gasteiger partial charge in [0.15, 0.2) is 0 Å². The molecule has 0 aliphatic carbocycles. The van der Waals surface area contributed by atoms with Crippen molar-refractivity contribution < 1.29 is 9.53 Å². The maximum atomic E-state index is 11.6. The Labute approximate surface area is 128 Å². The van der Waals surface area contributed by atoms with E-state index in [1.807, 2.05) is 25.1 Å². The Morgan fingerprint density at radius 3 is 2.80 bits per heavy atom. The predicted molar refractivity (Wildman–Crippen MR) is 84.6 cm³/mol. The number of rotatable bonds is 2. The number of halogens is 1. The van der Waals surface area contributed by atoms with Crippen LogP contribution in [0.15, 0.2) is 18.2 Å². The molecule has 1 aromatic rings. The van der Waals surface area contributed by atoms with E-state index in [9.17, 15) is 4.79 Å². The summed E-state index contributed by atoms with van der Waals surface area (Å²) in [5.74, 6) is -0.296. The Bertz CT molecular complexity index is 507. The minimum atomic E-state index is -0.296. The molecule has 3 atom stereocenters. The summed E-state index contributed by atoms with van der Waals surface area (Å²) in [5.41, 5.74) is 8.82. The third kappa shape index (κ3) is 2.99. The van der Waals surface area contributed by atoms with Gasteiger partial charge in [-0.25, -0.2) is 4.79 Å². The Morgan fingerprint density at radius 2 is 2.20 bits per heavy atom. The fraction of sp³-hybridized carbons (Fsp3) is 0.533. The van der Waals surface area contributed by atoms with Gasteiger partial charge in [0.2, 0.25) is 0 Å². The molecule has 1 heterocycles. The number of carbonyl (C=O) groups is 1. The second-order valence-corrected chi connectivity index (χ2v) is 6.68. The van der Waals surface area contributed by atoms with Crippen LogP contribution in [0.3, 0.4) is 0 Å². The van der Waals surface area contributed by atoms with Gasteiger partial charge in [-0.1, -0.05) is 15.9 Å². The number of nitrogens with two attached hydrogens (primary N) is 1. The molecule has 2 N–H and O–H groups in total. The summed E-state index contributed by atoms with van der Waals surface area (Å²) in [6.45, 7) is 4.99. The van der Waals surface area contributed by atoms with Gasteiger partial charge in [0.1, 0.15) is 0 Å². The standard InChI is InChI=1S/C15H21BrN2O2/c1-9-6-12(4-5-13(9)15(19)20-3)18-8-11(16)7-14(17)10(18)2/h4-6,10-11,14H,7-8,17H2,1-3H3/t10-,11-,14-/m1/s1. The molecule has 2 rings (SSSR count). The van der Waals surface area contributed by atoms with Crippen LogP contribution in [-0.2, 0) is 4.74 Å². The van der Waals surface area contributed by atoms with Crippen LogP contribution in [0.5, 0.6) is 0 Å². The highest BCUT2D eigenvalue weighted by atomic mass is 79.9. The maximum absolute atomic E-state index is 11.6. The highest BCUT2D eigenvalue weighted by Gasteiger charge is 2.30. The molecule has 1 aliphatic heterocycles. The number of hydrogen-bond acceptors (Lipinski definition) is 4. The predicted octanol–water partition coefficient (Wildman–Crippen LogP) is 2.47. The number of aryl methyl sites for hydroxylation is 1. The quantitative estimate of drug-likeness (QED) is 0.663. The first-order chi connectivity index (χ1) is 9.43. The van der Waals surface area contributed by atoms with Gasteiger partial charge in [-0.05, 0) is 44.0 Å². The van der Waals surface area contributed by atoms with E-state index >= 15 is 0 Å². The van der Waals surface area contributed by atoms with E-state index in [-0.39, 0.29) is 18.1 Å². The van der Waals surface area contributed by atoms with Crippen LogP contribution in [-0.4, -0.2) is 36.5 Å². The fourth-order valence-electron chi connectivity index (χ4n) is 2.68. The monoisotopic (exact) mass is 340 g/mol. The summed E-state index contributed by atoms with van der Waals surface area (Å²) in [4.78, 5) is 14.3. The number of hydrogen-bond donors (Lipinski definition) is 1. The van der Waals surface area contributed by atoms with E-state index < -0.39 is 0 Å². The largest absolute Gasteiger partial charge is 0.465 e. The summed E-state index contributed by atoms with van der Waals surface area (Å²) < 4.78 is 4.78. The van der Waals surface area contributed by atoms with Gasteiger partial charge in [-0.15, -0.1) is 0 Å². The van der Waals surface area contributed by atoms with E-state index in [1.54, 1.807) is 0 Å². The minimum absolute atomic E-state index is 0.147. The molecule has 0 amide bonds. The van der Waals surface area contributed by atoms with Gasteiger partial charge >= 0.3 is 5.97 Å². The number of nitrogens with zero attached hydrogens (tertiary/aromatic N) is 1. The van der Waals surface area contributed by atoms with Crippen molar-refractivity contribution in [1.29, 1.82) is 0 Å². The third-order valence-corrected chi connectivity index (χ3v) is 4.64. The van der Waals surface area contributed by atoms with Crippen molar-refractivity contribution >= 4 is 27.6 Å². The molecule has 0 radical (unpaired) electrons. The van der Waals surface area contributed by atoms with E-state index in [1.165, 1.54) is 7.11 Å². The molecule has 0 saturated carbocycles. The molecule has 110 valence electrons. The summed E-state index contributed by atoms with van der Waals surface area (Å²) in [6, 6.07) is 6.25. The molecular weight excluding hydrogens is 320 g/mol. The Balaban J connectivity index is 2.29. The Kier molecular flexibility index (Phi) is 4.70. The van der Waals surface area contributed by atoms with Crippen LogP contribution < -0.4 is 10.6 Å². The zero-order chi connectivity index (χ0) is 14.9. The SMILES string of the molecule is COC(=O)c1ccc(N2C[C@H](Br)C[C@@H](N)[C@H]2C)cc1C. The van der Waals surface area contributed by atoms with Crippen molar-refractivity contribution in [2.75, 3.05) is 18.6 Å². The lowest BCUT2D eigenvalue weighted by Gasteiger charge is -2.41. The van der Waals surface area contributed by atoms with Crippen molar-refractivity contribution in [3.05, 3.63) is 29.3 Å². The molecule has 1 aromatic carbocycles. The molecule has 5 heteroatoms. The van der Waals surface area contributed by atoms with Crippen molar-refractivity contribution in [3.63, 3.8) is 0 Å². The van der Waals surface area contributed by atoms with Crippen LogP contribution in [0, 0.1) is 6.92 Å². The molecule has 20 heavy (non-hydrogen) atoms. The molecule has 0 aromatic heterocycles. The van der Waals surface area contributed by atoms with Crippen LogP contribution in [0.2, 0.25) is 0 Å². The number of esters is 1. The smallest absolute Gasteiger partial charge is 0.338 e. The first-order valence-electron chi connectivity index (χ1n) is 6.79. The lowest BCUT2D eigenvalue weighted by molar-refractivity contribution is 0.0600. The first-order valence-corrected chi connectivity index (χ1v) is 7.71. The Hall–Kier alpha value is -1.07. The molecule has 1 saturated heterocycles. The topological polar surface area (TPSA) is 55.6 Å². The minimum Gasteiger partial charge on any atom is -0.465 e. The van der Waals surface area contributed by atoms with E-state index in [0.717, 1.165) is 24.2 Å². The molecule has 0 unspecified atom stereocenters. The van der Waals surface area contributed by atoms with E-state index in [2.05, 4.69) is 27.8 Å².